The van der Waals surface area contributed by atoms with Crippen LogP contribution in [0.1, 0.15) is 18.0 Å². The van der Waals surface area contributed by atoms with Gasteiger partial charge in [0, 0.05) is 11.4 Å². The number of hydrogen-bond donors (Lipinski definition) is 1. The first-order chi connectivity index (χ1) is 14.7. The van der Waals surface area contributed by atoms with Gasteiger partial charge in [-0.15, -0.1) is 0 Å². The summed E-state index contributed by atoms with van der Waals surface area (Å²) in [6.07, 6.45) is 0.453. The number of hydrazine groups is 1. The average Bonchev–Trinajstić information content (AvgIpc) is 3.05. The lowest BCUT2D eigenvalue weighted by atomic mass is 10.0. The van der Waals surface area contributed by atoms with Gasteiger partial charge in [-0.25, -0.2) is 14.8 Å². The third-order valence-corrected chi connectivity index (χ3v) is 5.26. The van der Waals surface area contributed by atoms with Crippen molar-refractivity contribution < 1.29 is 9.63 Å². The van der Waals surface area contributed by atoms with E-state index in [0.717, 1.165) is 10.9 Å². The number of benzene rings is 3. The Morgan fingerprint density at radius 2 is 1.63 bits per heavy atom. The molecule has 1 saturated heterocycles. The van der Waals surface area contributed by atoms with Crippen LogP contribution in [0.25, 0.3) is 0 Å². The van der Waals surface area contributed by atoms with Gasteiger partial charge in [0.1, 0.15) is 0 Å². The smallest absolute Gasteiger partial charge is 0.345 e. The maximum atomic E-state index is 12.7. The number of fused-ring (bicyclic) bond motifs is 1. The summed E-state index contributed by atoms with van der Waals surface area (Å²) in [5.41, 5.74) is 5.39. The van der Waals surface area contributed by atoms with Gasteiger partial charge >= 0.3 is 5.97 Å². The van der Waals surface area contributed by atoms with Crippen LogP contribution in [0.4, 0.5) is 5.69 Å². The van der Waals surface area contributed by atoms with Crippen molar-refractivity contribution in [2.45, 2.75) is 12.5 Å². The highest BCUT2D eigenvalue weighted by Crippen LogP contribution is 2.32. The molecule has 148 valence electrons. The summed E-state index contributed by atoms with van der Waals surface area (Å²) < 4.78 is 0. The Kier molecular flexibility index (Phi) is 4.78. The van der Waals surface area contributed by atoms with Crippen LogP contribution in [-0.2, 0) is 9.63 Å². The molecule has 1 atom stereocenters. The SMILES string of the molecule is O=C1ONN(c2ccc(Cl)cc2)C1=C1CC(c2ccccc2)N=c2ccccc2=N1. The molecule has 0 saturated carbocycles. The van der Waals surface area contributed by atoms with E-state index in [2.05, 4.69) is 5.59 Å². The van der Waals surface area contributed by atoms with E-state index in [-0.39, 0.29) is 6.04 Å². The Balaban J connectivity index is 1.70. The van der Waals surface area contributed by atoms with Crippen LogP contribution >= 0.6 is 11.6 Å². The van der Waals surface area contributed by atoms with Crippen molar-refractivity contribution in [1.82, 2.24) is 5.59 Å². The Morgan fingerprint density at radius 3 is 2.40 bits per heavy atom. The summed E-state index contributed by atoms with van der Waals surface area (Å²) in [7, 11) is 0. The van der Waals surface area contributed by atoms with Crippen LogP contribution < -0.4 is 21.3 Å². The highest BCUT2D eigenvalue weighted by Gasteiger charge is 2.34. The second-order valence-electron chi connectivity index (χ2n) is 6.95. The van der Waals surface area contributed by atoms with Crippen LogP contribution in [0.15, 0.2) is 100 Å². The van der Waals surface area contributed by atoms with Crippen molar-refractivity contribution in [3.8, 4) is 0 Å². The van der Waals surface area contributed by atoms with Gasteiger partial charge in [0.25, 0.3) is 0 Å². The molecule has 6 nitrogen and oxygen atoms in total. The highest BCUT2D eigenvalue weighted by molar-refractivity contribution is 6.30. The molecular weight excluding hydrogens is 400 g/mol. The van der Waals surface area contributed by atoms with Gasteiger partial charge in [-0.05, 0) is 42.0 Å². The standard InChI is InChI=1S/C23H17ClN4O2/c24-16-10-12-17(13-11-16)28-22(23(29)30-27-28)21-14-20(15-6-2-1-3-7-15)25-18-8-4-5-9-19(18)26-21/h1-13,20,27H,14H2. The largest absolute Gasteiger partial charge is 0.378 e. The molecule has 1 N–H and O–H groups in total. The number of carbonyl (C=O) groups excluding carboxylic acids is 1. The first-order valence-electron chi connectivity index (χ1n) is 9.51. The third kappa shape index (κ3) is 3.47. The molecule has 0 spiro atoms. The zero-order valence-electron chi connectivity index (χ0n) is 15.8. The van der Waals surface area contributed by atoms with E-state index in [0.29, 0.717) is 33.9 Å². The number of para-hydroxylation sites is 2. The Labute approximate surface area is 177 Å². The number of carbonyl (C=O) groups is 1. The first-order valence-corrected chi connectivity index (χ1v) is 9.89. The topological polar surface area (TPSA) is 66.3 Å². The predicted molar refractivity (Wildman–Crippen MR) is 113 cm³/mol. The number of rotatable bonds is 2. The minimum atomic E-state index is -0.491. The van der Waals surface area contributed by atoms with E-state index >= 15 is 0 Å². The molecule has 0 radical (unpaired) electrons. The number of nitrogens with zero attached hydrogens (tertiary/aromatic N) is 3. The Bertz CT molecular complexity index is 1260. The van der Waals surface area contributed by atoms with Crippen molar-refractivity contribution >= 4 is 23.3 Å². The van der Waals surface area contributed by atoms with Gasteiger partial charge in [-0.2, -0.15) is 0 Å². The fourth-order valence-electron chi connectivity index (χ4n) is 3.56. The molecule has 2 aliphatic rings. The van der Waals surface area contributed by atoms with E-state index in [9.17, 15) is 4.79 Å². The third-order valence-electron chi connectivity index (χ3n) is 5.01. The Hall–Kier alpha value is -3.48. The van der Waals surface area contributed by atoms with Crippen LogP contribution in [-0.4, -0.2) is 5.97 Å². The summed E-state index contributed by atoms with van der Waals surface area (Å²) in [6.45, 7) is 0. The van der Waals surface area contributed by atoms with Crippen molar-refractivity contribution in [3.05, 3.63) is 112 Å². The predicted octanol–water partition coefficient (Wildman–Crippen LogP) is 3.42. The number of hydrogen-bond acceptors (Lipinski definition) is 6. The highest BCUT2D eigenvalue weighted by atomic mass is 35.5. The molecule has 2 aliphatic heterocycles. The monoisotopic (exact) mass is 416 g/mol. The zero-order chi connectivity index (χ0) is 20.5. The molecule has 1 unspecified atom stereocenters. The van der Waals surface area contributed by atoms with Gasteiger partial charge in [-0.3, -0.25) is 4.99 Å². The van der Waals surface area contributed by atoms with Crippen molar-refractivity contribution in [1.29, 1.82) is 0 Å². The normalized spacial score (nSPS) is 20.6. The van der Waals surface area contributed by atoms with Gasteiger partial charge in [0.15, 0.2) is 5.70 Å². The number of anilines is 1. The van der Waals surface area contributed by atoms with Crippen LogP contribution in [0.2, 0.25) is 5.02 Å². The van der Waals surface area contributed by atoms with E-state index in [1.807, 2.05) is 66.7 Å². The zero-order valence-corrected chi connectivity index (χ0v) is 16.6. The summed E-state index contributed by atoms with van der Waals surface area (Å²) in [5.74, 6) is -0.491. The maximum Gasteiger partial charge on any atom is 0.378 e. The Morgan fingerprint density at radius 1 is 0.933 bits per heavy atom. The second kappa shape index (κ2) is 7.74. The molecule has 0 bridgehead atoms. The maximum absolute atomic E-state index is 12.7. The lowest BCUT2D eigenvalue weighted by molar-refractivity contribution is -0.140. The lowest BCUT2D eigenvalue weighted by Gasteiger charge is -2.18. The molecule has 0 amide bonds. The van der Waals surface area contributed by atoms with Gasteiger partial charge in [0.2, 0.25) is 0 Å². The summed E-state index contributed by atoms with van der Waals surface area (Å²) >= 11 is 6.02. The molecule has 0 aromatic heterocycles. The molecular formula is C23H17ClN4O2. The van der Waals surface area contributed by atoms with Crippen LogP contribution in [0, 0.1) is 0 Å². The molecule has 3 aromatic rings. The molecule has 5 rings (SSSR count). The van der Waals surface area contributed by atoms with E-state index in [1.54, 1.807) is 17.1 Å². The van der Waals surface area contributed by atoms with E-state index in [1.165, 1.54) is 0 Å². The number of halogens is 1. The second-order valence-corrected chi connectivity index (χ2v) is 7.38. The fourth-order valence-corrected chi connectivity index (χ4v) is 3.69. The van der Waals surface area contributed by atoms with Gasteiger partial charge < -0.3 is 4.84 Å². The average molecular weight is 417 g/mol. The lowest BCUT2D eigenvalue weighted by Crippen LogP contribution is -2.29. The molecule has 30 heavy (non-hydrogen) atoms. The molecule has 3 aromatic carbocycles. The quantitative estimate of drug-likeness (QED) is 0.650. The summed E-state index contributed by atoms with van der Waals surface area (Å²) in [6, 6.07) is 24.6. The van der Waals surface area contributed by atoms with E-state index in [4.69, 9.17) is 26.4 Å². The summed E-state index contributed by atoms with van der Waals surface area (Å²) in [4.78, 5) is 27.6. The number of nitrogens with one attached hydrogen (secondary N) is 1. The van der Waals surface area contributed by atoms with E-state index < -0.39 is 5.97 Å². The van der Waals surface area contributed by atoms with Crippen LogP contribution in [0.5, 0.6) is 0 Å². The van der Waals surface area contributed by atoms with Crippen LogP contribution in [0.3, 0.4) is 0 Å². The molecule has 1 fully saturated rings. The molecule has 2 heterocycles. The summed E-state index contributed by atoms with van der Waals surface area (Å²) in [5, 5.41) is 3.71. The van der Waals surface area contributed by atoms with Crippen molar-refractivity contribution in [3.63, 3.8) is 0 Å². The first kappa shape index (κ1) is 18.5. The fraction of sp³-hybridized carbons (Fsp3) is 0.0870. The minimum absolute atomic E-state index is 0.179. The molecule has 7 heteroatoms. The van der Waals surface area contributed by atoms with Gasteiger partial charge in [0.05, 0.1) is 28.1 Å². The minimum Gasteiger partial charge on any atom is -0.345 e. The van der Waals surface area contributed by atoms with Gasteiger partial charge in [-0.1, -0.05) is 59.7 Å². The van der Waals surface area contributed by atoms with Crippen molar-refractivity contribution in [2.24, 2.45) is 9.98 Å². The van der Waals surface area contributed by atoms with Crippen molar-refractivity contribution in [2.75, 3.05) is 5.01 Å². The molecule has 0 aliphatic carbocycles.